The zero-order chi connectivity index (χ0) is 21.1. The Balaban J connectivity index is 1.84. The molecule has 150 valence electrons. The smallest absolute Gasteiger partial charge is 0.271 e. The van der Waals surface area contributed by atoms with Crippen molar-refractivity contribution in [3.63, 3.8) is 0 Å². The SMILES string of the molecule is CC(C)COc1ccc(/C=C2\SC(=S)N(c3cccc([N+](=O)[O-])c3)C2=O)cc1Br. The van der Waals surface area contributed by atoms with Gasteiger partial charge < -0.3 is 4.74 Å². The molecule has 1 amide bonds. The fraction of sp³-hybridized carbons (Fsp3) is 0.200. The lowest BCUT2D eigenvalue weighted by Gasteiger charge is -2.14. The van der Waals surface area contributed by atoms with Crippen LogP contribution in [0.3, 0.4) is 0 Å². The minimum Gasteiger partial charge on any atom is -0.492 e. The Morgan fingerprint density at radius 2 is 2.07 bits per heavy atom. The second-order valence-corrected chi connectivity index (χ2v) is 9.22. The monoisotopic (exact) mass is 492 g/mol. The van der Waals surface area contributed by atoms with Crippen LogP contribution in [0.25, 0.3) is 6.08 Å². The molecule has 0 atom stereocenters. The van der Waals surface area contributed by atoms with Crippen LogP contribution < -0.4 is 9.64 Å². The minimum absolute atomic E-state index is 0.0959. The predicted molar refractivity (Wildman–Crippen MR) is 123 cm³/mol. The molecule has 0 N–H and O–H groups in total. The van der Waals surface area contributed by atoms with Crippen LogP contribution in [0.4, 0.5) is 11.4 Å². The van der Waals surface area contributed by atoms with Crippen molar-refractivity contribution in [2.75, 3.05) is 11.5 Å². The average Bonchev–Trinajstić information content (AvgIpc) is 2.94. The van der Waals surface area contributed by atoms with Crippen molar-refractivity contribution in [2.45, 2.75) is 13.8 Å². The average molecular weight is 493 g/mol. The van der Waals surface area contributed by atoms with E-state index in [2.05, 4.69) is 29.8 Å². The van der Waals surface area contributed by atoms with Gasteiger partial charge in [0.15, 0.2) is 4.32 Å². The number of nitro groups is 1. The van der Waals surface area contributed by atoms with Gasteiger partial charge in [-0.1, -0.05) is 50.0 Å². The van der Waals surface area contributed by atoms with E-state index in [4.69, 9.17) is 17.0 Å². The molecule has 9 heteroatoms. The maximum atomic E-state index is 12.9. The second kappa shape index (κ2) is 9.06. The zero-order valence-electron chi connectivity index (χ0n) is 15.6. The van der Waals surface area contributed by atoms with Gasteiger partial charge in [-0.25, -0.2) is 0 Å². The molecule has 0 aliphatic carbocycles. The van der Waals surface area contributed by atoms with Crippen LogP contribution >= 0.6 is 39.9 Å². The Morgan fingerprint density at radius 3 is 2.72 bits per heavy atom. The number of amides is 1. The van der Waals surface area contributed by atoms with Crippen LogP contribution in [0.2, 0.25) is 0 Å². The molecule has 1 aliphatic rings. The molecule has 1 heterocycles. The normalized spacial score (nSPS) is 15.4. The first kappa shape index (κ1) is 21.5. The van der Waals surface area contributed by atoms with E-state index in [1.54, 1.807) is 12.1 Å². The number of carbonyl (C=O) groups is 1. The number of anilines is 1. The number of nitro benzene ring substituents is 1. The van der Waals surface area contributed by atoms with Gasteiger partial charge in [0.1, 0.15) is 5.75 Å². The van der Waals surface area contributed by atoms with E-state index in [0.717, 1.165) is 27.5 Å². The third-order valence-corrected chi connectivity index (χ3v) is 5.84. The van der Waals surface area contributed by atoms with Gasteiger partial charge >= 0.3 is 0 Å². The standard InChI is InChI=1S/C20H17BrN2O4S2/c1-12(2)11-27-17-7-6-13(8-16(17)21)9-18-19(24)22(20(28)29-18)14-4-3-5-15(10-14)23(25)26/h3-10,12H,11H2,1-2H3/b18-9-. The highest BCUT2D eigenvalue weighted by Gasteiger charge is 2.34. The van der Waals surface area contributed by atoms with E-state index in [0.29, 0.717) is 27.4 Å². The van der Waals surface area contributed by atoms with Gasteiger partial charge in [0.05, 0.1) is 26.6 Å². The second-order valence-electron chi connectivity index (χ2n) is 6.69. The van der Waals surface area contributed by atoms with Crippen LogP contribution in [-0.2, 0) is 4.79 Å². The highest BCUT2D eigenvalue weighted by Crippen LogP contribution is 2.37. The van der Waals surface area contributed by atoms with Crippen molar-refractivity contribution in [1.82, 2.24) is 0 Å². The zero-order valence-corrected chi connectivity index (χ0v) is 18.8. The highest BCUT2D eigenvalue weighted by atomic mass is 79.9. The summed E-state index contributed by atoms with van der Waals surface area (Å²) in [6.07, 6.45) is 1.74. The van der Waals surface area contributed by atoms with Crippen molar-refractivity contribution < 1.29 is 14.5 Å². The van der Waals surface area contributed by atoms with Crippen molar-refractivity contribution in [3.8, 4) is 5.75 Å². The summed E-state index contributed by atoms with van der Waals surface area (Å²) in [6, 6.07) is 11.4. The number of nitrogens with zero attached hydrogens (tertiary/aromatic N) is 2. The largest absolute Gasteiger partial charge is 0.492 e. The lowest BCUT2D eigenvalue weighted by atomic mass is 10.2. The summed E-state index contributed by atoms with van der Waals surface area (Å²) in [7, 11) is 0. The minimum atomic E-state index is -0.503. The van der Waals surface area contributed by atoms with Crippen molar-refractivity contribution >= 4 is 67.6 Å². The van der Waals surface area contributed by atoms with Crippen LogP contribution in [0.15, 0.2) is 51.8 Å². The fourth-order valence-electron chi connectivity index (χ4n) is 2.57. The van der Waals surface area contributed by atoms with Crippen LogP contribution in [0, 0.1) is 16.0 Å². The molecular weight excluding hydrogens is 476 g/mol. The van der Waals surface area contributed by atoms with E-state index in [1.807, 2.05) is 18.2 Å². The topological polar surface area (TPSA) is 72.7 Å². The van der Waals surface area contributed by atoms with Gasteiger partial charge in [-0.3, -0.25) is 19.8 Å². The molecule has 0 spiro atoms. The van der Waals surface area contributed by atoms with E-state index in [9.17, 15) is 14.9 Å². The summed E-state index contributed by atoms with van der Waals surface area (Å²) in [5, 5.41) is 11.0. The summed E-state index contributed by atoms with van der Waals surface area (Å²) in [5.74, 6) is 0.841. The van der Waals surface area contributed by atoms with E-state index >= 15 is 0 Å². The molecule has 0 radical (unpaired) electrons. The third kappa shape index (κ3) is 5.04. The van der Waals surface area contributed by atoms with Gasteiger partial charge in [-0.05, 0) is 51.7 Å². The number of thiocarbonyl (C=S) groups is 1. The van der Waals surface area contributed by atoms with Crippen LogP contribution in [0.1, 0.15) is 19.4 Å². The maximum Gasteiger partial charge on any atom is 0.271 e. The van der Waals surface area contributed by atoms with Gasteiger partial charge in [0.25, 0.3) is 11.6 Å². The lowest BCUT2D eigenvalue weighted by Crippen LogP contribution is -2.27. The summed E-state index contributed by atoms with van der Waals surface area (Å²) >= 11 is 10.00. The summed E-state index contributed by atoms with van der Waals surface area (Å²) in [4.78, 5) is 25.2. The van der Waals surface area contributed by atoms with E-state index in [-0.39, 0.29) is 11.6 Å². The van der Waals surface area contributed by atoms with Crippen LogP contribution in [0.5, 0.6) is 5.75 Å². The number of thioether (sulfide) groups is 1. The molecule has 1 saturated heterocycles. The molecule has 0 bridgehead atoms. The first-order valence-electron chi connectivity index (χ1n) is 8.71. The van der Waals surface area contributed by atoms with Gasteiger partial charge in [0.2, 0.25) is 0 Å². The van der Waals surface area contributed by atoms with Gasteiger partial charge in [0, 0.05) is 12.1 Å². The number of non-ortho nitro benzene ring substituents is 1. The highest BCUT2D eigenvalue weighted by molar-refractivity contribution is 9.10. The molecule has 6 nitrogen and oxygen atoms in total. The molecule has 0 aromatic heterocycles. The predicted octanol–water partition coefficient (Wildman–Crippen LogP) is 5.80. The summed E-state index contributed by atoms with van der Waals surface area (Å²) < 4.78 is 6.87. The molecule has 3 rings (SSSR count). The van der Waals surface area contributed by atoms with Gasteiger partial charge in [-0.15, -0.1) is 0 Å². The van der Waals surface area contributed by atoms with Crippen molar-refractivity contribution in [3.05, 3.63) is 67.5 Å². The summed E-state index contributed by atoms with van der Waals surface area (Å²) in [5.41, 5.74) is 1.10. The number of rotatable bonds is 6. The van der Waals surface area contributed by atoms with Crippen molar-refractivity contribution in [1.29, 1.82) is 0 Å². The van der Waals surface area contributed by atoms with E-state index < -0.39 is 4.92 Å². The quantitative estimate of drug-likeness (QED) is 0.219. The molecular formula is C20H17BrN2O4S2. The van der Waals surface area contributed by atoms with E-state index in [1.165, 1.54) is 23.1 Å². The summed E-state index contributed by atoms with van der Waals surface area (Å²) in [6.45, 7) is 4.76. The number of hydrogen-bond donors (Lipinski definition) is 0. The van der Waals surface area contributed by atoms with Crippen LogP contribution in [-0.4, -0.2) is 21.8 Å². The number of benzene rings is 2. The Kier molecular flexibility index (Phi) is 6.71. The number of ether oxygens (including phenoxy) is 1. The molecule has 0 saturated carbocycles. The Hall–Kier alpha value is -2.23. The van der Waals surface area contributed by atoms with Gasteiger partial charge in [-0.2, -0.15) is 0 Å². The molecule has 2 aromatic rings. The number of hydrogen-bond acceptors (Lipinski definition) is 6. The number of halogens is 1. The molecule has 0 unspecified atom stereocenters. The Bertz CT molecular complexity index is 1020. The Labute approximate surface area is 186 Å². The third-order valence-electron chi connectivity index (χ3n) is 3.92. The first-order chi connectivity index (χ1) is 13.8. The van der Waals surface area contributed by atoms with Crippen molar-refractivity contribution in [2.24, 2.45) is 5.92 Å². The fourth-order valence-corrected chi connectivity index (χ4v) is 4.38. The Morgan fingerprint density at radius 1 is 1.31 bits per heavy atom. The lowest BCUT2D eigenvalue weighted by molar-refractivity contribution is -0.384. The molecule has 2 aromatic carbocycles. The molecule has 1 fully saturated rings. The molecule has 1 aliphatic heterocycles. The molecule has 29 heavy (non-hydrogen) atoms. The first-order valence-corrected chi connectivity index (χ1v) is 10.7. The number of carbonyl (C=O) groups excluding carboxylic acids is 1. The maximum absolute atomic E-state index is 12.9.